The molecule has 0 aliphatic heterocycles. The lowest BCUT2D eigenvalue weighted by atomic mass is 10.1. The number of hydrogen-bond acceptors (Lipinski definition) is 2. The predicted octanol–water partition coefficient (Wildman–Crippen LogP) is 3.37. The van der Waals surface area contributed by atoms with Gasteiger partial charge in [-0.25, -0.2) is 0 Å². The van der Waals surface area contributed by atoms with Crippen molar-refractivity contribution in [1.29, 1.82) is 0 Å². The van der Waals surface area contributed by atoms with Crippen LogP contribution in [-0.4, -0.2) is 24.4 Å². The van der Waals surface area contributed by atoms with Gasteiger partial charge in [0.05, 0.1) is 6.54 Å². The molecule has 3 heteroatoms. The first-order valence-electron chi connectivity index (χ1n) is 7.16. The number of likely N-dealkylation sites (N-methyl/N-ethyl adjacent to an activating group) is 1. The van der Waals surface area contributed by atoms with E-state index in [0.29, 0.717) is 13.1 Å². The molecule has 2 aromatic carbocycles. The maximum absolute atomic E-state index is 12.2. The molecule has 1 N–H and O–H groups in total. The number of anilines is 1. The first-order valence-corrected chi connectivity index (χ1v) is 7.16. The van der Waals surface area contributed by atoms with Crippen molar-refractivity contribution >= 4 is 11.6 Å². The van der Waals surface area contributed by atoms with E-state index in [9.17, 15) is 4.79 Å². The van der Waals surface area contributed by atoms with E-state index in [1.54, 1.807) is 4.90 Å². The molecule has 2 rings (SSSR count). The highest BCUT2D eigenvalue weighted by molar-refractivity contribution is 5.81. The van der Waals surface area contributed by atoms with Gasteiger partial charge in [-0.15, -0.1) is 0 Å². The lowest BCUT2D eigenvalue weighted by Gasteiger charge is -2.19. The summed E-state index contributed by atoms with van der Waals surface area (Å²) < 4.78 is 0. The van der Waals surface area contributed by atoms with E-state index >= 15 is 0 Å². The first-order chi connectivity index (χ1) is 10.1. The van der Waals surface area contributed by atoms with Crippen LogP contribution in [0.2, 0.25) is 0 Å². The highest BCUT2D eigenvalue weighted by Gasteiger charge is 2.10. The van der Waals surface area contributed by atoms with Gasteiger partial charge in [-0.2, -0.15) is 0 Å². The van der Waals surface area contributed by atoms with Gasteiger partial charge in [-0.3, -0.25) is 4.79 Å². The maximum Gasteiger partial charge on any atom is 0.241 e. The van der Waals surface area contributed by atoms with Crippen LogP contribution in [0.15, 0.2) is 48.5 Å². The number of carbonyl (C=O) groups excluding carboxylic acids is 1. The minimum Gasteiger partial charge on any atom is -0.376 e. The van der Waals surface area contributed by atoms with Crippen LogP contribution in [-0.2, 0) is 11.3 Å². The number of rotatable bonds is 5. The molecule has 0 heterocycles. The Hall–Kier alpha value is -2.29. The fraction of sp³-hybridized carbons (Fsp3) is 0.278. The third kappa shape index (κ3) is 4.09. The highest BCUT2D eigenvalue weighted by Crippen LogP contribution is 2.19. The Morgan fingerprint density at radius 3 is 2.24 bits per heavy atom. The Morgan fingerprint density at radius 2 is 1.62 bits per heavy atom. The fourth-order valence-electron chi connectivity index (χ4n) is 2.34. The molecule has 110 valence electrons. The molecule has 0 radical (unpaired) electrons. The molecule has 0 bridgehead atoms. The second-order valence-electron chi connectivity index (χ2n) is 5.36. The van der Waals surface area contributed by atoms with E-state index in [4.69, 9.17) is 0 Å². The molecule has 0 saturated heterocycles. The van der Waals surface area contributed by atoms with Gasteiger partial charge in [-0.05, 0) is 30.5 Å². The monoisotopic (exact) mass is 282 g/mol. The maximum atomic E-state index is 12.2. The third-order valence-corrected chi connectivity index (χ3v) is 3.59. The normalized spacial score (nSPS) is 10.2. The molecular weight excluding hydrogens is 260 g/mol. The van der Waals surface area contributed by atoms with E-state index in [-0.39, 0.29) is 5.91 Å². The molecule has 21 heavy (non-hydrogen) atoms. The van der Waals surface area contributed by atoms with Gasteiger partial charge in [0, 0.05) is 19.3 Å². The quantitative estimate of drug-likeness (QED) is 0.912. The van der Waals surface area contributed by atoms with E-state index in [0.717, 1.165) is 22.4 Å². The second kappa shape index (κ2) is 6.93. The average Bonchev–Trinajstić information content (AvgIpc) is 2.47. The van der Waals surface area contributed by atoms with Crippen molar-refractivity contribution in [1.82, 2.24) is 4.90 Å². The van der Waals surface area contributed by atoms with Gasteiger partial charge in [0.1, 0.15) is 0 Å². The van der Waals surface area contributed by atoms with Crippen molar-refractivity contribution in [3.05, 3.63) is 65.2 Å². The summed E-state index contributed by atoms with van der Waals surface area (Å²) in [6, 6.07) is 16.1. The number of aryl methyl sites for hydroxylation is 2. The topological polar surface area (TPSA) is 32.3 Å². The molecule has 0 unspecified atom stereocenters. The number of hydrogen-bond donors (Lipinski definition) is 1. The van der Waals surface area contributed by atoms with Crippen molar-refractivity contribution < 1.29 is 4.79 Å². The van der Waals surface area contributed by atoms with Gasteiger partial charge in [0.15, 0.2) is 0 Å². The number of nitrogens with one attached hydrogen (secondary N) is 1. The Kier molecular flexibility index (Phi) is 4.99. The summed E-state index contributed by atoms with van der Waals surface area (Å²) in [5.41, 5.74) is 4.52. The summed E-state index contributed by atoms with van der Waals surface area (Å²) in [6.07, 6.45) is 0. The number of para-hydroxylation sites is 1. The Balaban J connectivity index is 1.92. The standard InChI is InChI=1S/C18H22N2O/c1-14-8-7-9-15(2)18(14)19-12-17(21)20(3)13-16-10-5-4-6-11-16/h4-11,19H,12-13H2,1-3H3. The van der Waals surface area contributed by atoms with Crippen molar-refractivity contribution in [3.8, 4) is 0 Å². The largest absolute Gasteiger partial charge is 0.376 e. The molecule has 0 spiro atoms. The summed E-state index contributed by atoms with van der Waals surface area (Å²) in [5.74, 6) is 0.0847. The van der Waals surface area contributed by atoms with Crippen LogP contribution in [0, 0.1) is 13.8 Å². The fourth-order valence-corrected chi connectivity index (χ4v) is 2.34. The Bertz CT molecular complexity index is 588. The molecule has 0 saturated carbocycles. The Morgan fingerprint density at radius 1 is 1.00 bits per heavy atom. The molecule has 0 fully saturated rings. The second-order valence-corrected chi connectivity index (χ2v) is 5.36. The summed E-state index contributed by atoms with van der Waals surface area (Å²) in [6.45, 7) is 5.05. The summed E-state index contributed by atoms with van der Waals surface area (Å²) in [4.78, 5) is 14.0. The van der Waals surface area contributed by atoms with E-state index in [2.05, 4.69) is 5.32 Å². The van der Waals surface area contributed by atoms with Gasteiger partial charge < -0.3 is 10.2 Å². The molecule has 0 atom stereocenters. The average molecular weight is 282 g/mol. The van der Waals surface area contributed by atoms with Crippen LogP contribution in [0.4, 0.5) is 5.69 Å². The van der Waals surface area contributed by atoms with E-state index < -0.39 is 0 Å². The SMILES string of the molecule is Cc1cccc(C)c1NCC(=O)N(C)Cc1ccccc1. The summed E-state index contributed by atoms with van der Waals surface area (Å²) >= 11 is 0. The predicted molar refractivity (Wildman–Crippen MR) is 87.3 cm³/mol. The van der Waals surface area contributed by atoms with Gasteiger partial charge in [0.25, 0.3) is 0 Å². The number of carbonyl (C=O) groups is 1. The van der Waals surface area contributed by atoms with Crippen molar-refractivity contribution in [2.24, 2.45) is 0 Å². The Labute approximate surface area is 126 Å². The highest BCUT2D eigenvalue weighted by atomic mass is 16.2. The van der Waals surface area contributed by atoms with Gasteiger partial charge in [0.2, 0.25) is 5.91 Å². The number of benzene rings is 2. The minimum atomic E-state index is 0.0847. The molecule has 2 aromatic rings. The van der Waals surface area contributed by atoms with Crippen LogP contribution in [0.1, 0.15) is 16.7 Å². The van der Waals surface area contributed by atoms with E-state index in [1.807, 2.05) is 69.4 Å². The molecule has 0 aliphatic rings. The van der Waals surface area contributed by atoms with Crippen LogP contribution in [0.5, 0.6) is 0 Å². The zero-order valence-corrected chi connectivity index (χ0v) is 12.9. The first kappa shape index (κ1) is 15.1. The van der Waals surface area contributed by atoms with Crippen molar-refractivity contribution in [2.75, 3.05) is 18.9 Å². The molecule has 3 nitrogen and oxygen atoms in total. The van der Waals surface area contributed by atoms with Crippen LogP contribution < -0.4 is 5.32 Å². The minimum absolute atomic E-state index is 0.0847. The van der Waals surface area contributed by atoms with Crippen LogP contribution in [0.25, 0.3) is 0 Å². The van der Waals surface area contributed by atoms with Crippen molar-refractivity contribution in [3.63, 3.8) is 0 Å². The van der Waals surface area contributed by atoms with Crippen molar-refractivity contribution in [2.45, 2.75) is 20.4 Å². The zero-order chi connectivity index (χ0) is 15.2. The molecule has 1 amide bonds. The van der Waals surface area contributed by atoms with E-state index in [1.165, 1.54) is 0 Å². The molecular formula is C18H22N2O. The van der Waals surface area contributed by atoms with Gasteiger partial charge in [-0.1, -0.05) is 48.5 Å². The number of nitrogens with zero attached hydrogens (tertiary/aromatic N) is 1. The number of amides is 1. The summed E-state index contributed by atoms with van der Waals surface area (Å²) in [5, 5.41) is 3.26. The van der Waals surface area contributed by atoms with Crippen LogP contribution in [0.3, 0.4) is 0 Å². The van der Waals surface area contributed by atoms with Crippen LogP contribution >= 0.6 is 0 Å². The lowest BCUT2D eigenvalue weighted by Crippen LogP contribution is -2.32. The molecule has 0 aliphatic carbocycles. The third-order valence-electron chi connectivity index (χ3n) is 3.59. The zero-order valence-electron chi connectivity index (χ0n) is 12.9. The van der Waals surface area contributed by atoms with Gasteiger partial charge >= 0.3 is 0 Å². The lowest BCUT2D eigenvalue weighted by molar-refractivity contribution is -0.128. The summed E-state index contributed by atoms with van der Waals surface area (Å²) in [7, 11) is 1.84. The molecule has 0 aromatic heterocycles. The smallest absolute Gasteiger partial charge is 0.241 e.